The van der Waals surface area contributed by atoms with Crippen molar-refractivity contribution in [2.75, 3.05) is 46.4 Å². The molecule has 2 aliphatic heterocycles. The van der Waals surface area contributed by atoms with E-state index in [9.17, 15) is 4.79 Å². The Balaban J connectivity index is 1.66. The van der Waals surface area contributed by atoms with Crippen molar-refractivity contribution in [2.45, 2.75) is 18.9 Å². The molecule has 0 spiro atoms. The molecule has 0 aliphatic carbocycles. The summed E-state index contributed by atoms with van der Waals surface area (Å²) in [6.07, 6.45) is 3.57. The zero-order valence-corrected chi connectivity index (χ0v) is 13.0. The molecule has 1 unspecified atom stereocenters. The fraction of sp³-hybridized carbons (Fsp3) is 0.625. The standard InChI is InChI=1S/C16H23N3O3/c1-18-6-2-7-19(9-8-18)16(20)13-3-5-17-15(11-13)22-14-4-10-21-12-14/h3,5,11,14H,2,4,6-10,12H2,1H3. The topological polar surface area (TPSA) is 54.9 Å². The minimum atomic E-state index is 0.0460. The third-order valence-corrected chi connectivity index (χ3v) is 4.16. The molecular formula is C16H23N3O3. The van der Waals surface area contributed by atoms with E-state index in [1.165, 1.54) is 0 Å². The average molecular weight is 305 g/mol. The van der Waals surface area contributed by atoms with Crippen LogP contribution in [0.1, 0.15) is 23.2 Å². The number of rotatable bonds is 3. The van der Waals surface area contributed by atoms with Crippen LogP contribution in [0.25, 0.3) is 0 Å². The fourth-order valence-electron chi connectivity index (χ4n) is 2.82. The number of pyridine rings is 1. The first-order valence-electron chi connectivity index (χ1n) is 7.90. The zero-order chi connectivity index (χ0) is 15.4. The summed E-state index contributed by atoms with van der Waals surface area (Å²) >= 11 is 0. The van der Waals surface area contributed by atoms with E-state index >= 15 is 0 Å². The molecule has 1 aromatic heterocycles. The van der Waals surface area contributed by atoms with Gasteiger partial charge in [0, 0.05) is 43.9 Å². The molecule has 6 heteroatoms. The number of amides is 1. The second-order valence-electron chi connectivity index (χ2n) is 5.94. The van der Waals surface area contributed by atoms with Gasteiger partial charge in [-0.1, -0.05) is 0 Å². The molecule has 1 amide bonds. The SMILES string of the molecule is CN1CCCN(C(=O)c2ccnc(OC3CCOC3)c2)CC1. The molecule has 22 heavy (non-hydrogen) atoms. The zero-order valence-electron chi connectivity index (χ0n) is 13.0. The van der Waals surface area contributed by atoms with Gasteiger partial charge in [0.15, 0.2) is 0 Å². The number of carbonyl (C=O) groups is 1. The van der Waals surface area contributed by atoms with Gasteiger partial charge in [-0.05, 0) is 26.1 Å². The highest BCUT2D eigenvalue weighted by atomic mass is 16.5. The first-order chi connectivity index (χ1) is 10.7. The van der Waals surface area contributed by atoms with Gasteiger partial charge < -0.3 is 19.3 Å². The Morgan fingerprint density at radius 2 is 2.27 bits per heavy atom. The van der Waals surface area contributed by atoms with Crippen molar-refractivity contribution >= 4 is 5.91 Å². The number of likely N-dealkylation sites (N-methyl/N-ethyl adjacent to an activating group) is 1. The van der Waals surface area contributed by atoms with Crippen LogP contribution in [0.3, 0.4) is 0 Å². The van der Waals surface area contributed by atoms with E-state index < -0.39 is 0 Å². The lowest BCUT2D eigenvalue weighted by Gasteiger charge is -2.21. The minimum Gasteiger partial charge on any atom is -0.472 e. The number of nitrogens with zero attached hydrogens (tertiary/aromatic N) is 3. The largest absolute Gasteiger partial charge is 0.472 e. The van der Waals surface area contributed by atoms with Crippen molar-refractivity contribution in [2.24, 2.45) is 0 Å². The molecule has 6 nitrogen and oxygen atoms in total. The summed E-state index contributed by atoms with van der Waals surface area (Å²) in [7, 11) is 2.09. The minimum absolute atomic E-state index is 0.0460. The molecule has 0 N–H and O–H groups in total. The number of ether oxygens (including phenoxy) is 2. The maximum atomic E-state index is 12.6. The van der Waals surface area contributed by atoms with Crippen LogP contribution in [-0.2, 0) is 4.74 Å². The van der Waals surface area contributed by atoms with Gasteiger partial charge in [0.25, 0.3) is 5.91 Å². The molecule has 0 saturated carbocycles. The Hall–Kier alpha value is -1.66. The maximum Gasteiger partial charge on any atom is 0.254 e. The Kier molecular flexibility index (Phi) is 4.90. The van der Waals surface area contributed by atoms with Crippen LogP contribution < -0.4 is 4.74 Å². The summed E-state index contributed by atoms with van der Waals surface area (Å²) in [5.41, 5.74) is 0.647. The fourth-order valence-corrected chi connectivity index (χ4v) is 2.82. The Morgan fingerprint density at radius 3 is 3.09 bits per heavy atom. The van der Waals surface area contributed by atoms with E-state index in [2.05, 4.69) is 16.9 Å². The monoisotopic (exact) mass is 305 g/mol. The third kappa shape index (κ3) is 3.75. The molecule has 1 aromatic rings. The molecular weight excluding hydrogens is 282 g/mol. The lowest BCUT2D eigenvalue weighted by Crippen LogP contribution is -2.34. The van der Waals surface area contributed by atoms with Crippen molar-refractivity contribution in [3.8, 4) is 5.88 Å². The highest BCUT2D eigenvalue weighted by molar-refractivity contribution is 5.94. The third-order valence-electron chi connectivity index (χ3n) is 4.16. The van der Waals surface area contributed by atoms with Crippen molar-refractivity contribution in [3.63, 3.8) is 0 Å². The predicted molar refractivity (Wildman–Crippen MR) is 82.1 cm³/mol. The quantitative estimate of drug-likeness (QED) is 0.835. The van der Waals surface area contributed by atoms with Crippen LogP contribution in [-0.4, -0.2) is 73.2 Å². The van der Waals surface area contributed by atoms with Crippen LogP contribution in [0.4, 0.5) is 0 Å². The van der Waals surface area contributed by atoms with E-state index in [1.54, 1.807) is 18.3 Å². The first-order valence-corrected chi connectivity index (χ1v) is 7.90. The molecule has 120 valence electrons. The summed E-state index contributed by atoms with van der Waals surface area (Å²) in [6, 6.07) is 3.50. The van der Waals surface area contributed by atoms with Crippen molar-refractivity contribution < 1.29 is 14.3 Å². The maximum absolute atomic E-state index is 12.6. The summed E-state index contributed by atoms with van der Waals surface area (Å²) < 4.78 is 11.1. The van der Waals surface area contributed by atoms with Crippen LogP contribution in [0.2, 0.25) is 0 Å². The number of aromatic nitrogens is 1. The van der Waals surface area contributed by atoms with Gasteiger partial charge in [0.05, 0.1) is 13.2 Å². The molecule has 3 heterocycles. The molecule has 2 aliphatic rings. The van der Waals surface area contributed by atoms with Crippen LogP contribution in [0.5, 0.6) is 5.88 Å². The predicted octanol–water partition coefficient (Wildman–Crippen LogP) is 1.03. The normalized spacial score (nSPS) is 23.3. The van der Waals surface area contributed by atoms with Gasteiger partial charge in [-0.15, -0.1) is 0 Å². The molecule has 1 atom stereocenters. The molecule has 0 aromatic carbocycles. The van der Waals surface area contributed by atoms with Crippen LogP contribution in [0.15, 0.2) is 18.3 Å². The lowest BCUT2D eigenvalue weighted by atomic mass is 10.2. The average Bonchev–Trinajstić information content (AvgIpc) is 2.93. The second kappa shape index (κ2) is 7.07. The Labute approximate surface area is 131 Å². The van der Waals surface area contributed by atoms with E-state index in [1.807, 2.05) is 4.90 Å². The highest BCUT2D eigenvalue weighted by Gasteiger charge is 2.21. The Bertz CT molecular complexity index is 517. The number of hydrogen-bond acceptors (Lipinski definition) is 5. The molecule has 0 radical (unpaired) electrons. The molecule has 2 fully saturated rings. The van der Waals surface area contributed by atoms with E-state index in [0.29, 0.717) is 18.1 Å². The van der Waals surface area contributed by atoms with Crippen molar-refractivity contribution in [1.29, 1.82) is 0 Å². The van der Waals surface area contributed by atoms with E-state index in [-0.39, 0.29) is 12.0 Å². The Morgan fingerprint density at radius 1 is 1.36 bits per heavy atom. The van der Waals surface area contributed by atoms with Gasteiger partial charge in [-0.3, -0.25) is 4.79 Å². The van der Waals surface area contributed by atoms with Gasteiger partial charge in [-0.2, -0.15) is 0 Å². The van der Waals surface area contributed by atoms with Crippen LogP contribution >= 0.6 is 0 Å². The van der Waals surface area contributed by atoms with Gasteiger partial charge in [-0.25, -0.2) is 4.98 Å². The summed E-state index contributed by atoms with van der Waals surface area (Å²) in [5.74, 6) is 0.568. The van der Waals surface area contributed by atoms with E-state index in [4.69, 9.17) is 9.47 Å². The molecule has 0 bridgehead atoms. The summed E-state index contributed by atoms with van der Waals surface area (Å²) in [4.78, 5) is 21.0. The summed E-state index contributed by atoms with van der Waals surface area (Å²) in [6.45, 7) is 4.85. The first kappa shape index (κ1) is 15.2. The second-order valence-corrected chi connectivity index (χ2v) is 5.94. The summed E-state index contributed by atoms with van der Waals surface area (Å²) in [5, 5.41) is 0. The van der Waals surface area contributed by atoms with Crippen LogP contribution in [0, 0.1) is 0 Å². The van der Waals surface area contributed by atoms with Crippen molar-refractivity contribution in [3.05, 3.63) is 23.9 Å². The van der Waals surface area contributed by atoms with Crippen molar-refractivity contribution in [1.82, 2.24) is 14.8 Å². The number of hydrogen-bond donors (Lipinski definition) is 0. The van der Waals surface area contributed by atoms with Gasteiger partial charge >= 0.3 is 0 Å². The molecule has 3 rings (SSSR count). The van der Waals surface area contributed by atoms with Gasteiger partial charge in [0.1, 0.15) is 6.10 Å². The highest BCUT2D eigenvalue weighted by Crippen LogP contribution is 2.17. The van der Waals surface area contributed by atoms with E-state index in [0.717, 1.165) is 45.6 Å². The molecule has 2 saturated heterocycles. The number of carbonyl (C=O) groups excluding carboxylic acids is 1. The van der Waals surface area contributed by atoms with Gasteiger partial charge in [0.2, 0.25) is 5.88 Å². The smallest absolute Gasteiger partial charge is 0.254 e. The lowest BCUT2D eigenvalue weighted by molar-refractivity contribution is 0.0761.